The Morgan fingerprint density at radius 2 is 2.00 bits per heavy atom. The SMILES string of the molecule is CCCn1c(COC(=O)c2cncc(Br)c2)nc2cc(S(=O)(=O)N(C)C)ccc21. The van der Waals surface area contributed by atoms with Crippen LogP contribution in [0.1, 0.15) is 29.5 Å². The molecule has 154 valence electrons. The van der Waals surface area contributed by atoms with E-state index in [4.69, 9.17) is 4.74 Å². The van der Waals surface area contributed by atoms with E-state index in [0.717, 1.165) is 16.2 Å². The number of benzene rings is 1. The zero-order valence-corrected chi connectivity index (χ0v) is 18.7. The Hall–Kier alpha value is -2.30. The van der Waals surface area contributed by atoms with Gasteiger partial charge >= 0.3 is 5.97 Å². The lowest BCUT2D eigenvalue weighted by Crippen LogP contribution is -2.22. The Kier molecular flexibility index (Phi) is 6.35. The maximum Gasteiger partial charge on any atom is 0.340 e. The Morgan fingerprint density at radius 3 is 2.66 bits per heavy atom. The topological polar surface area (TPSA) is 94.4 Å². The first-order valence-electron chi connectivity index (χ1n) is 8.93. The number of carbonyl (C=O) groups excluding carboxylic acids is 1. The van der Waals surface area contributed by atoms with E-state index >= 15 is 0 Å². The summed E-state index contributed by atoms with van der Waals surface area (Å²) in [4.78, 5) is 21.0. The molecule has 0 saturated carbocycles. The molecule has 0 unspecified atom stereocenters. The Morgan fingerprint density at radius 1 is 1.24 bits per heavy atom. The lowest BCUT2D eigenvalue weighted by molar-refractivity contribution is 0.0458. The summed E-state index contributed by atoms with van der Waals surface area (Å²) >= 11 is 3.28. The summed E-state index contributed by atoms with van der Waals surface area (Å²) in [6.07, 6.45) is 3.86. The molecule has 3 aromatic rings. The van der Waals surface area contributed by atoms with Crippen LogP contribution in [-0.2, 0) is 27.9 Å². The quantitative estimate of drug-likeness (QED) is 0.481. The van der Waals surface area contributed by atoms with Gasteiger partial charge in [0.15, 0.2) is 0 Å². The molecule has 3 rings (SSSR count). The first-order chi connectivity index (χ1) is 13.7. The predicted octanol–water partition coefficient (Wildman–Crippen LogP) is 3.21. The van der Waals surface area contributed by atoms with Gasteiger partial charge < -0.3 is 9.30 Å². The third-order valence-corrected chi connectivity index (χ3v) is 6.54. The first-order valence-corrected chi connectivity index (χ1v) is 11.2. The molecule has 0 aliphatic rings. The standard InChI is InChI=1S/C19H21BrN4O4S/c1-4-7-24-17-6-5-15(29(26,27)23(2)3)9-16(17)22-18(24)12-28-19(25)13-8-14(20)11-21-10-13/h5-6,8-11H,4,7,12H2,1-3H3. The number of hydrogen-bond acceptors (Lipinski definition) is 6. The number of hydrogen-bond donors (Lipinski definition) is 0. The van der Waals surface area contributed by atoms with E-state index in [2.05, 4.69) is 25.9 Å². The number of rotatable bonds is 7. The van der Waals surface area contributed by atoms with Crippen LogP contribution in [0.2, 0.25) is 0 Å². The van der Waals surface area contributed by atoms with E-state index in [1.807, 2.05) is 11.5 Å². The summed E-state index contributed by atoms with van der Waals surface area (Å²) in [7, 11) is -0.597. The second kappa shape index (κ2) is 8.60. The lowest BCUT2D eigenvalue weighted by Gasteiger charge is -2.11. The van der Waals surface area contributed by atoms with Gasteiger partial charge in [-0.25, -0.2) is 22.5 Å². The first kappa shape index (κ1) is 21.4. The number of aryl methyl sites for hydroxylation is 1. The molecule has 0 radical (unpaired) electrons. The molecule has 8 nitrogen and oxygen atoms in total. The predicted molar refractivity (Wildman–Crippen MR) is 112 cm³/mol. The second-order valence-corrected chi connectivity index (χ2v) is 9.65. The number of nitrogens with zero attached hydrogens (tertiary/aromatic N) is 4. The largest absolute Gasteiger partial charge is 0.454 e. The van der Waals surface area contributed by atoms with Gasteiger partial charge in [-0.05, 0) is 46.6 Å². The van der Waals surface area contributed by atoms with Crippen LogP contribution in [0, 0.1) is 0 Å². The summed E-state index contributed by atoms with van der Waals surface area (Å²) < 4.78 is 34.0. The Bertz CT molecular complexity index is 1160. The van der Waals surface area contributed by atoms with Crippen molar-refractivity contribution in [3.8, 4) is 0 Å². The van der Waals surface area contributed by atoms with E-state index in [1.165, 1.54) is 20.3 Å². The van der Waals surface area contributed by atoms with Crippen molar-refractivity contribution >= 4 is 43.0 Å². The number of imidazole rings is 1. The van der Waals surface area contributed by atoms with E-state index in [9.17, 15) is 13.2 Å². The maximum atomic E-state index is 12.4. The van der Waals surface area contributed by atoms with Gasteiger partial charge in [0.2, 0.25) is 10.0 Å². The highest BCUT2D eigenvalue weighted by Crippen LogP contribution is 2.23. The maximum absolute atomic E-state index is 12.4. The molecule has 0 aliphatic carbocycles. The van der Waals surface area contributed by atoms with Crippen molar-refractivity contribution in [2.24, 2.45) is 0 Å². The van der Waals surface area contributed by atoms with Crippen LogP contribution in [0.3, 0.4) is 0 Å². The highest BCUT2D eigenvalue weighted by Gasteiger charge is 2.20. The van der Waals surface area contributed by atoms with Gasteiger partial charge in [-0.2, -0.15) is 0 Å². The molecule has 0 amide bonds. The number of sulfonamides is 1. The monoisotopic (exact) mass is 480 g/mol. The molecule has 10 heteroatoms. The zero-order chi connectivity index (χ0) is 21.2. The Labute approximate surface area is 177 Å². The second-order valence-electron chi connectivity index (χ2n) is 6.59. The van der Waals surface area contributed by atoms with E-state index in [1.54, 1.807) is 30.5 Å². The minimum atomic E-state index is -3.56. The number of carbonyl (C=O) groups is 1. The fourth-order valence-corrected chi connectivity index (χ4v) is 4.14. The number of ether oxygens (including phenoxy) is 1. The minimum Gasteiger partial charge on any atom is -0.454 e. The normalized spacial score (nSPS) is 11.9. The fourth-order valence-electron chi connectivity index (χ4n) is 2.85. The van der Waals surface area contributed by atoms with Gasteiger partial charge in [-0.1, -0.05) is 6.92 Å². The summed E-state index contributed by atoms with van der Waals surface area (Å²) in [5.41, 5.74) is 1.66. The highest BCUT2D eigenvalue weighted by molar-refractivity contribution is 9.10. The molecule has 2 heterocycles. The summed E-state index contributed by atoms with van der Waals surface area (Å²) in [5, 5.41) is 0. The smallest absolute Gasteiger partial charge is 0.340 e. The third kappa shape index (κ3) is 4.49. The van der Waals surface area contributed by atoms with Crippen molar-refractivity contribution in [1.82, 2.24) is 18.8 Å². The molecule has 0 aliphatic heterocycles. The molecular formula is C19H21BrN4O4S. The minimum absolute atomic E-state index is 0.0320. The lowest BCUT2D eigenvalue weighted by atomic mass is 10.3. The van der Waals surface area contributed by atoms with E-state index in [-0.39, 0.29) is 11.5 Å². The number of fused-ring (bicyclic) bond motifs is 1. The third-order valence-electron chi connectivity index (χ3n) is 4.30. The molecular weight excluding hydrogens is 460 g/mol. The van der Waals surface area contributed by atoms with Gasteiger partial charge in [0.05, 0.1) is 21.5 Å². The molecule has 29 heavy (non-hydrogen) atoms. The molecule has 1 aromatic carbocycles. The van der Waals surface area contributed by atoms with Gasteiger partial charge in [0, 0.05) is 37.5 Å². The van der Waals surface area contributed by atoms with Crippen molar-refractivity contribution in [2.75, 3.05) is 14.1 Å². The zero-order valence-electron chi connectivity index (χ0n) is 16.3. The summed E-state index contributed by atoms with van der Waals surface area (Å²) in [6.45, 7) is 2.66. The van der Waals surface area contributed by atoms with Crippen molar-refractivity contribution in [3.63, 3.8) is 0 Å². The van der Waals surface area contributed by atoms with Crippen LogP contribution < -0.4 is 0 Å². The number of pyridine rings is 1. The van der Waals surface area contributed by atoms with Gasteiger partial charge in [0.25, 0.3) is 0 Å². The van der Waals surface area contributed by atoms with Crippen LogP contribution in [0.5, 0.6) is 0 Å². The van der Waals surface area contributed by atoms with E-state index in [0.29, 0.717) is 27.9 Å². The van der Waals surface area contributed by atoms with Crippen molar-refractivity contribution in [2.45, 2.75) is 31.4 Å². The number of esters is 1. The van der Waals surface area contributed by atoms with Crippen molar-refractivity contribution in [1.29, 1.82) is 0 Å². The average molecular weight is 481 g/mol. The summed E-state index contributed by atoms with van der Waals surface area (Å²) in [5.74, 6) is 0.0438. The molecule has 0 saturated heterocycles. The fraction of sp³-hybridized carbons (Fsp3) is 0.316. The molecule has 0 bridgehead atoms. The van der Waals surface area contributed by atoms with Gasteiger partial charge in [0.1, 0.15) is 12.4 Å². The number of aromatic nitrogens is 3. The highest BCUT2D eigenvalue weighted by atomic mass is 79.9. The van der Waals surface area contributed by atoms with Crippen LogP contribution >= 0.6 is 15.9 Å². The van der Waals surface area contributed by atoms with Crippen molar-refractivity contribution < 1.29 is 17.9 Å². The van der Waals surface area contributed by atoms with Gasteiger partial charge in [-0.3, -0.25) is 4.98 Å². The molecule has 0 N–H and O–H groups in total. The molecule has 0 atom stereocenters. The van der Waals surface area contributed by atoms with Gasteiger partial charge in [-0.15, -0.1) is 0 Å². The van der Waals surface area contributed by atoms with Crippen LogP contribution in [-0.4, -0.2) is 47.3 Å². The van der Waals surface area contributed by atoms with Crippen LogP contribution in [0.15, 0.2) is 46.0 Å². The van der Waals surface area contributed by atoms with Crippen LogP contribution in [0.25, 0.3) is 11.0 Å². The Balaban J connectivity index is 1.92. The van der Waals surface area contributed by atoms with Crippen LogP contribution in [0.4, 0.5) is 0 Å². The number of halogens is 1. The van der Waals surface area contributed by atoms with Crippen molar-refractivity contribution in [3.05, 3.63) is 52.5 Å². The van der Waals surface area contributed by atoms with E-state index < -0.39 is 16.0 Å². The molecule has 0 spiro atoms. The summed E-state index contributed by atoms with van der Waals surface area (Å²) in [6, 6.07) is 6.47. The average Bonchev–Trinajstić information content (AvgIpc) is 3.03. The molecule has 0 fully saturated rings. The molecule has 2 aromatic heterocycles.